The molecule has 0 atom stereocenters. The molecule has 1 fully saturated rings. The van der Waals surface area contributed by atoms with E-state index in [-0.39, 0.29) is 5.91 Å². The molecule has 0 aromatic heterocycles. The van der Waals surface area contributed by atoms with Gasteiger partial charge in [0.1, 0.15) is 12.4 Å². The van der Waals surface area contributed by atoms with Crippen molar-refractivity contribution < 1.29 is 14.3 Å². The lowest BCUT2D eigenvalue weighted by atomic mass is 10.2. The molecule has 2 aliphatic heterocycles. The highest BCUT2D eigenvalue weighted by Crippen LogP contribution is 2.34. The van der Waals surface area contributed by atoms with Crippen LogP contribution in [0.1, 0.15) is 11.1 Å². The smallest absolute Gasteiger partial charge is 0.286 e. The number of hydrogen-bond donors (Lipinski definition) is 0. The predicted molar refractivity (Wildman–Crippen MR) is 120 cm³/mol. The number of nitrogens with zero attached hydrogens (tertiary/aromatic N) is 2. The van der Waals surface area contributed by atoms with E-state index in [2.05, 4.69) is 25.8 Å². The molecule has 2 aliphatic rings. The second-order valence-electron chi connectivity index (χ2n) is 6.51. The molecular weight excluding hydrogens is 476 g/mol. The zero-order chi connectivity index (χ0) is 20.2. The van der Waals surface area contributed by atoms with Gasteiger partial charge < -0.3 is 14.4 Å². The van der Waals surface area contributed by atoms with Gasteiger partial charge in [-0.15, -0.1) is 0 Å². The number of thioether (sulfide) groups is 1. The van der Waals surface area contributed by atoms with Gasteiger partial charge in [0.15, 0.2) is 5.17 Å². The van der Waals surface area contributed by atoms with Crippen molar-refractivity contribution in [1.29, 1.82) is 0 Å². The fraction of sp³-hybridized carbons (Fsp3) is 0.238. The molecule has 4 rings (SSSR count). The lowest BCUT2D eigenvalue weighted by molar-refractivity contribution is -0.113. The van der Waals surface area contributed by atoms with Crippen LogP contribution in [0.5, 0.6) is 5.75 Å². The summed E-state index contributed by atoms with van der Waals surface area (Å²) in [4.78, 5) is 19.3. The Balaban J connectivity index is 1.51. The first-order valence-corrected chi connectivity index (χ1v) is 11.1. The van der Waals surface area contributed by atoms with Crippen molar-refractivity contribution in [2.75, 3.05) is 26.3 Å². The molecule has 0 saturated carbocycles. The fourth-order valence-electron chi connectivity index (χ4n) is 2.93. The third-order valence-electron chi connectivity index (χ3n) is 4.46. The molecule has 150 valence electrons. The summed E-state index contributed by atoms with van der Waals surface area (Å²) in [6, 6.07) is 13.3. The maximum absolute atomic E-state index is 12.4. The Bertz CT molecular complexity index is 972. The number of amidine groups is 1. The Morgan fingerprint density at radius 1 is 1.21 bits per heavy atom. The largest absolute Gasteiger partial charge is 0.488 e. The van der Waals surface area contributed by atoms with Gasteiger partial charge in [0, 0.05) is 28.1 Å². The van der Waals surface area contributed by atoms with E-state index < -0.39 is 0 Å². The summed E-state index contributed by atoms with van der Waals surface area (Å²) >= 11 is 10.8. The summed E-state index contributed by atoms with van der Waals surface area (Å²) in [6.07, 6.45) is 1.84. The van der Waals surface area contributed by atoms with Crippen molar-refractivity contribution in [3.63, 3.8) is 0 Å². The first-order chi connectivity index (χ1) is 14.1. The van der Waals surface area contributed by atoms with Crippen molar-refractivity contribution in [2.45, 2.75) is 6.61 Å². The van der Waals surface area contributed by atoms with Crippen LogP contribution in [0, 0.1) is 0 Å². The Morgan fingerprint density at radius 2 is 1.97 bits per heavy atom. The van der Waals surface area contributed by atoms with Crippen LogP contribution in [0.3, 0.4) is 0 Å². The number of hydrogen-bond acceptors (Lipinski definition) is 5. The minimum atomic E-state index is -0.222. The monoisotopic (exact) mass is 492 g/mol. The summed E-state index contributed by atoms with van der Waals surface area (Å²) in [5.74, 6) is 0.476. The second kappa shape index (κ2) is 9.34. The van der Waals surface area contributed by atoms with Gasteiger partial charge in [0.2, 0.25) is 0 Å². The van der Waals surface area contributed by atoms with Gasteiger partial charge in [-0.25, -0.2) is 0 Å². The summed E-state index contributed by atoms with van der Waals surface area (Å²) in [5.41, 5.74) is 1.84. The van der Waals surface area contributed by atoms with Crippen molar-refractivity contribution in [1.82, 2.24) is 4.90 Å². The number of ether oxygens (including phenoxy) is 2. The van der Waals surface area contributed by atoms with Gasteiger partial charge in [0.05, 0.1) is 18.1 Å². The molecule has 2 aromatic rings. The van der Waals surface area contributed by atoms with Crippen LogP contribution in [-0.4, -0.2) is 42.3 Å². The zero-order valence-corrected chi connectivity index (χ0v) is 18.6. The maximum Gasteiger partial charge on any atom is 0.286 e. The SMILES string of the molecule is O=C1N=C(N2CCOCC2)S/C1=C/c1cc(Br)ccc1OCc1ccc(Cl)cc1. The maximum atomic E-state index is 12.4. The Hall–Kier alpha value is -1.80. The summed E-state index contributed by atoms with van der Waals surface area (Å²) in [5, 5.41) is 1.43. The first kappa shape index (κ1) is 20.5. The number of morpholine rings is 1. The first-order valence-electron chi connectivity index (χ1n) is 9.10. The zero-order valence-electron chi connectivity index (χ0n) is 15.4. The summed E-state index contributed by atoms with van der Waals surface area (Å²) in [7, 11) is 0. The molecule has 1 saturated heterocycles. The van der Waals surface area contributed by atoms with Gasteiger partial charge in [-0.1, -0.05) is 39.7 Å². The molecule has 2 aromatic carbocycles. The second-order valence-corrected chi connectivity index (χ2v) is 8.87. The normalized spacial score (nSPS) is 18.3. The Labute approximate surface area is 186 Å². The number of amides is 1. The quantitative estimate of drug-likeness (QED) is 0.562. The van der Waals surface area contributed by atoms with E-state index in [4.69, 9.17) is 21.1 Å². The van der Waals surface area contributed by atoms with Gasteiger partial charge >= 0.3 is 0 Å². The Morgan fingerprint density at radius 3 is 2.72 bits per heavy atom. The van der Waals surface area contributed by atoms with Gasteiger partial charge in [-0.05, 0) is 53.7 Å². The summed E-state index contributed by atoms with van der Waals surface area (Å²) < 4.78 is 12.3. The van der Waals surface area contributed by atoms with Crippen LogP contribution in [-0.2, 0) is 16.1 Å². The number of halogens is 2. The minimum absolute atomic E-state index is 0.222. The number of aliphatic imine (C=N–C) groups is 1. The van der Waals surface area contributed by atoms with E-state index in [9.17, 15) is 4.79 Å². The van der Waals surface area contributed by atoms with E-state index in [0.29, 0.717) is 35.5 Å². The number of carbonyl (C=O) groups is 1. The molecule has 0 unspecified atom stereocenters. The van der Waals surface area contributed by atoms with Crippen LogP contribution in [0.15, 0.2) is 56.8 Å². The molecule has 5 nitrogen and oxygen atoms in total. The van der Waals surface area contributed by atoms with Crippen molar-refractivity contribution in [3.05, 3.63) is 68.0 Å². The van der Waals surface area contributed by atoms with Crippen molar-refractivity contribution in [3.8, 4) is 5.75 Å². The molecule has 0 bridgehead atoms. The average Bonchev–Trinajstić information content (AvgIpc) is 3.10. The number of benzene rings is 2. The van der Waals surface area contributed by atoms with Crippen LogP contribution in [0.4, 0.5) is 0 Å². The van der Waals surface area contributed by atoms with E-state index >= 15 is 0 Å². The van der Waals surface area contributed by atoms with Crippen molar-refractivity contribution in [2.24, 2.45) is 4.99 Å². The van der Waals surface area contributed by atoms with Gasteiger partial charge in [0.25, 0.3) is 5.91 Å². The average molecular weight is 494 g/mol. The molecule has 0 radical (unpaired) electrons. The molecule has 0 aliphatic carbocycles. The van der Waals surface area contributed by atoms with E-state index in [1.165, 1.54) is 11.8 Å². The lowest BCUT2D eigenvalue weighted by Crippen LogP contribution is -2.38. The highest BCUT2D eigenvalue weighted by molar-refractivity contribution is 9.10. The standard InChI is InChI=1S/C21H18BrClN2O3S/c22-16-3-6-18(28-13-14-1-4-17(23)5-2-14)15(11-16)12-19-20(26)24-21(29-19)25-7-9-27-10-8-25/h1-6,11-12H,7-10,13H2/b19-12+. The van der Waals surface area contributed by atoms with Crippen LogP contribution >= 0.6 is 39.3 Å². The molecular formula is C21H18BrClN2O3S. The molecule has 0 N–H and O–H groups in total. The van der Waals surface area contributed by atoms with Crippen molar-refractivity contribution >= 4 is 56.4 Å². The minimum Gasteiger partial charge on any atom is -0.488 e. The van der Waals surface area contributed by atoms with E-state index in [1.807, 2.05) is 48.5 Å². The van der Waals surface area contributed by atoms with Gasteiger partial charge in [-0.2, -0.15) is 4.99 Å². The molecule has 0 spiro atoms. The Kier molecular flexibility index (Phi) is 6.60. The van der Waals surface area contributed by atoms with Gasteiger partial charge in [-0.3, -0.25) is 4.79 Å². The highest BCUT2D eigenvalue weighted by atomic mass is 79.9. The lowest BCUT2D eigenvalue weighted by Gasteiger charge is -2.27. The number of rotatable bonds is 4. The molecule has 2 heterocycles. The van der Waals surface area contributed by atoms with E-state index in [1.54, 1.807) is 0 Å². The van der Waals surface area contributed by atoms with Crippen LogP contribution < -0.4 is 4.74 Å². The fourth-order valence-corrected chi connectivity index (χ4v) is 4.39. The third-order valence-corrected chi connectivity index (χ3v) is 6.25. The predicted octanol–water partition coefficient (Wildman–Crippen LogP) is 4.98. The van der Waals surface area contributed by atoms with Crippen LogP contribution in [0.25, 0.3) is 6.08 Å². The molecule has 29 heavy (non-hydrogen) atoms. The van der Waals surface area contributed by atoms with Crippen LogP contribution in [0.2, 0.25) is 5.02 Å². The third kappa shape index (κ3) is 5.22. The number of carbonyl (C=O) groups excluding carboxylic acids is 1. The highest BCUT2D eigenvalue weighted by Gasteiger charge is 2.27. The summed E-state index contributed by atoms with van der Waals surface area (Å²) in [6.45, 7) is 3.21. The topological polar surface area (TPSA) is 51.1 Å². The van der Waals surface area contributed by atoms with E-state index in [0.717, 1.165) is 33.9 Å². The molecule has 1 amide bonds. The molecule has 8 heteroatoms.